The summed E-state index contributed by atoms with van der Waals surface area (Å²) in [5, 5.41) is 13.9. The van der Waals surface area contributed by atoms with Crippen molar-refractivity contribution in [3.63, 3.8) is 0 Å². The molecule has 0 aromatic carbocycles. The molecule has 8 nitrogen and oxygen atoms in total. The van der Waals surface area contributed by atoms with Crippen molar-refractivity contribution in [2.45, 2.75) is 231 Å². The molecular formula is C55H101N2O6P. The molecule has 0 aliphatic carbocycles. The topological polar surface area (TPSA) is 108 Å². The largest absolute Gasteiger partial charge is 0.756 e. The molecule has 0 rings (SSSR count). The fourth-order valence-corrected chi connectivity index (χ4v) is 8.06. The molecule has 0 heterocycles. The number of phosphoric acid groups is 1. The molecule has 0 bridgehead atoms. The van der Waals surface area contributed by atoms with Crippen LogP contribution in [-0.2, 0) is 18.4 Å². The third-order valence-electron chi connectivity index (χ3n) is 11.5. The molecule has 0 aliphatic rings. The first-order chi connectivity index (χ1) is 31.0. The number of likely N-dealkylation sites (N-methyl/N-ethyl adjacent to an activating group) is 1. The van der Waals surface area contributed by atoms with E-state index in [9.17, 15) is 19.4 Å². The Labute approximate surface area is 395 Å². The Kier molecular flexibility index (Phi) is 44.6. The highest BCUT2D eigenvalue weighted by molar-refractivity contribution is 7.45. The summed E-state index contributed by atoms with van der Waals surface area (Å²) in [6.45, 7) is 4.57. The average molecular weight is 917 g/mol. The summed E-state index contributed by atoms with van der Waals surface area (Å²) < 4.78 is 23.3. The van der Waals surface area contributed by atoms with Crippen LogP contribution in [0.3, 0.4) is 0 Å². The Bertz CT molecular complexity index is 1270. The minimum absolute atomic E-state index is 0.00996. The molecule has 0 aromatic heterocycles. The Balaban J connectivity index is 3.99. The van der Waals surface area contributed by atoms with Gasteiger partial charge < -0.3 is 28.8 Å². The van der Waals surface area contributed by atoms with Gasteiger partial charge in [0.25, 0.3) is 7.82 Å². The molecule has 0 aromatic rings. The number of hydrogen-bond donors (Lipinski definition) is 2. The molecule has 0 saturated carbocycles. The number of rotatable bonds is 47. The number of allylic oxidation sites excluding steroid dienone is 12. The van der Waals surface area contributed by atoms with Gasteiger partial charge in [-0.2, -0.15) is 0 Å². The number of carbonyl (C=O) groups excluding carboxylic acids is 1. The van der Waals surface area contributed by atoms with Crippen molar-refractivity contribution in [1.29, 1.82) is 0 Å². The Hall–Kier alpha value is -2.06. The highest BCUT2D eigenvalue weighted by Gasteiger charge is 2.24. The van der Waals surface area contributed by atoms with Gasteiger partial charge in [-0.05, 0) is 64.2 Å². The van der Waals surface area contributed by atoms with E-state index in [1.54, 1.807) is 0 Å². The molecule has 0 fully saturated rings. The van der Waals surface area contributed by atoms with Crippen LogP contribution in [0.4, 0.5) is 0 Å². The highest BCUT2D eigenvalue weighted by Crippen LogP contribution is 2.38. The van der Waals surface area contributed by atoms with Crippen molar-refractivity contribution in [2.24, 2.45) is 0 Å². The molecule has 64 heavy (non-hydrogen) atoms. The van der Waals surface area contributed by atoms with E-state index in [1.165, 1.54) is 116 Å². The Morgan fingerprint density at radius 1 is 0.562 bits per heavy atom. The van der Waals surface area contributed by atoms with Crippen LogP contribution in [0.15, 0.2) is 72.9 Å². The summed E-state index contributed by atoms with van der Waals surface area (Å²) in [5.41, 5.74) is 0. The number of aliphatic hydroxyl groups is 1. The fourth-order valence-electron chi connectivity index (χ4n) is 7.34. The molecule has 0 radical (unpaired) electrons. The first-order valence-electron chi connectivity index (χ1n) is 26.3. The van der Waals surface area contributed by atoms with E-state index >= 15 is 0 Å². The number of hydrogen-bond acceptors (Lipinski definition) is 6. The molecule has 3 unspecified atom stereocenters. The number of unbranched alkanes of at least 4 members (excludes halogenated alkanes) is 22. The van der Waals surface area contributed by atoms with Gasteiger partial charge in [0, 0.05) is 6.42 Å². The lowest BCUT2D eigenvalue weighted by atomic mass is 10.0. The van der Waals surface area contributed by atoms with Crippen LogP contribution in [0.25, 0.3) is 0 Å². The number of nitrogens with one attached hydrogen (secondary N) is 1. The van der Waals surface area contributed by atoms with Crippen LogP contribution in [0, 0.1) is 0 Å². The van der Waals surface area contributed by atoms with Gasteiger partial charge in [-0.3, -0.25) is 9.36 Å². The normalized spacial score (nSPS) is 14.7. The summed E-state index contributed by atoms with van der Waals surface area (Å²) in [5.74, 6) is -0.170. The van der Waals surface area contributed by atoms with Crippen LogP contribution < -0.4 is 10.2 Å². The van der Waals surface area contributed by atoms with E-state index in [4.69, 9.17) is 9.05 Å². The van der Waals surface area contributed by atoms with E-state index < -0.39 is 20.0 Å². The smallest absolute Gasteiger partial charge is 0.268 e. The SMILES string of the molecule is CC/C=C\C/C=C\C/C=C\C/C=C\C/C=C\C/C=C\CCCCCCCCCCCCCCCCC(=O)NC(COP(=O)([O-])OCC[N+](C)(C)C)C(O)CCCCCCCCCCC. The van der Waals surface area contributed by atoms with Crippen LogP contribution in [0.2, 0.25) is 0 Å². The van der Waals surface area contributed by atoms with Gasteiger partial charge in [-0.1, -0.05) is 222 Å². The van der Waals surface area contributed by atoms with Crippen molar-refractivity contribution in [2.75, 3.05) is 40.9 Å². The standard InChI is InChI=1S/C55H101N2O6P/c1-6-8-10-12-14-16-17-18-19-20-21-22-23-24-25-26-27-28-29-30-31-32-33-34-35-36-37-38-39-41-43-45-47-49-55(59)56-53(52-63-64(60,61)62-51-50-57(3,4)5)54(58)48-46-44-42-40-15-13-11-9-7-2/h8,10,14,16,18-19,21-22,24-25,27-28,53-54,58H,6-7,9,11-13,15,17,20,23,26,29-52H2,1-5H3,(H-,56,59,60,61)/b10-8-,16-14-,19-18-,22-21-,25-24-,28-27-. The van der Waals surface area contributed by atoms with Crippen molar-refractivity contribution >= 4 is 13.7 Å². The van der Waals surface area contributed by atoms with E-state index in [0.717, 1.165) is 77.0 Å². The summed E-state index contributed by atoms with van der Waals surface area (Å²) in [7, 11) is 1.30. The highest BCUT2D eigenvalue weighted by atomic mass is 31.2. The molecule has 2 N–H and O–H groups in total. The maximum absolute atomic E-state index is 12.9. The first kappa shape index (κ1) is 61.9. The second-order valence-corrected chi connectivity index (χ2v) is 20.3. The predicted molar refractivity (Wildman–Crippen MR) is 274 cm³/mol. The maximum atomic E-state index is 12.9. The Morgan fingerprint density at radius 2 is 0.953 bits per heavy atom. The molecule has 9 heteroatoms. The fraction of sp³-hybridized carbons (Fsp3) is 0.764. The van der Waals surface area contributed by atoms with Crippen LogP contribution in [0.1, 0.15) is 219 Å². The maximum Gasteiger partial charge on any atom is 0.268 e. The lowest BCUT2D eigenvalue weighted by Crippen LogP contribution is -2.46. The minimum atomic E-state index is -4.56. The van der Waals surface area contributed by atoms with E-state index in [2.05, 4.69) is 92.1 Å². The number of aliphatic hydroxyl groups excluding tert-OH is 1. The second kappa shape index (κ2) is 46.1. The van der Waals surface area contributed by atoms with E-state index in [-0.39, 0.29) is 19.1 Å². The molecule has 372 valence electrons. The van der Waals surface area contributed by atoms with Crippen LogP contribution >= 0.6 is 7.82 Å². The predicted octanol–water partition coefficient (Wildman–Crippen LogP) is 14.9. The van der Waals surface area contributed by atoms with Crippen molar-refractivity contribution in [1.82, 2.24) is 5.32 Å². The van der Waals surface area contributed by atoms with Crippen LogP contribution in [0.5, 0.6) is 0 Å². The summed E-state index contributed by atoms with van der Waals surface area (Å²) in [6.07, 6.45) is 62.3. The number of amides is 1. The third-order valence-corrected chi connectivity index (χ3v) is 12.4. The van der Waals surface area contributed by atoms with Crippen molar-refractivity contribution in [3.8, 4) is 0 Å². The van der Waals surface area contributed by atoms with Gasteiger partial charge in [0.15, 0.2) is 0 Å². The zero-order valence-electron chi connectivity index (χ0n) is 42.2. The van der Waals surface area contributed by atoms with E-state index in [0.29, 0.717) is 23.9 Å². The molecule has 0 saturated heterocycles. The first-order valence-corrected chi connectivity index (χ1v) is 27.7. The van der Waals surface area contributed by atoms with Crippen LogP contribution in [-0.4, -0.2) is 68.5 Å². The monoisotopic (exact) mass is 917 g/mol. The Morgan fingerprint density at radius 3 is 1.39 bits per heavy atom. The van der Waals surface area contributed by atoms with Gasteiger partial charge >= 0.3 is 0 Å². The third kappa shape index (κ3) is 47.9. The van der Waals surface area contributed by atoms with Gasteiger partial charge in [0.05, 0.1) is 39.9 Å². The lowest BCUT2D eigenvalue weighted by molar-refractivity contribution is -0.870. The molecule has 3 atom stereocenters. The van der Waals surface area contributed by atoms with E-state index in [1.807, 2.05) is 21.1 Å². The number of quaternary nitrogens is 1. The van der Waals surface area contributed by atoms with Gasteiger partial charge in [0.2, 0.25) is 5.91 Å². The zero-order chi connectivity index (χ0) is 47.1. The van der Waals surface area contributed by atoms with Crippen molar-refractivity contribution < 1.29 is 32.9 Å². The summed E-state index contributed by atoms with van der Waals surface area (Å²) >= 11 is 0. The van der Waals surface area contributed by atoms with Crippen molar-refractivity contribution in [3.05, 3.63) is 72.9 Å². The second-order valence-electron chi connectivity index (χ2n) is 18.9. The zero-order valence-corrected chi connectivity index (χ0v) is 43.1. The molecular weight excluding hydrogens is 816 g/mol. The van der Waals surface area contributed by atoms with Gasteiger partial charge in [-0.25, -0.2) is 0 Å². The number of nitrogens with zero attached hydrogens (tertiary/aromatic N) is 1. The summed E-state index contributed by atoms with van der Waals surface area (Å²) in [4.78, 5) is 25.3. The number of phosphoric ester groups is 1. The number of carbonyl (C=O) groups is 1. The molecule has 1 amide bonds. The molecule has 0 aliphatic heterocycles. The summed E-state index contributed by atoms with van der Waals surface area (Å²) in [6, 6.07) is -0.801. The lowest BCUT2D eigenvalue weighted by Gasteiger charge is -2.30. The minimum Gasteiger partial charge on any atom is -0.756 e. The van der Waals surface area contributed by atoms with Gasteiger partial charge in [-0.15, -0.1) is 0 Å². The molecule has 0 spiro atoms. The quantitative estimate of drug-likeness (QED) is 0.0272. The average Bonchev–Trinajstić information content (AvgIpc) is 3.25. The van der Waals surface area contributed by atoms with Gasteiger partial charge in [0.1, 0.15) is 13.2 Å².